The van der Waals surface area contributed by atoms with Gasteiger partial charge in [-0.25, -0.2) is 23.3 Å². The molecular formula is C19H16F2N4OS. The zero-order valence-electron chi connectivity index (χ0n) is 14.6. The molecule has 5 nitrogen and oxygen atoms in total. The van der Waals surface area contributed by atoms with Gasteiger partial charge in [-0.15, -0.1) is 16.4 Å². The van der Waals surface area contributed by atoms with Crippen molar-refractivity contribution in [3.05, 3.63) is 52.4 Å². The van der Waals surface area contributed by atoms with Crippen molar-refractivity contribution in [3.63, 3.8) is 0 Å². The largest absolute Gasteiger partial charge is 0.482 e. The number of aromatic nitrogens is 4. The van der Waals surface area contributed by atoms with E-state index in [1.54, 1.807) is 22.2 Å². The minimum Gasteiger partial charge on any atom is -0.482 e. The van der Waals surface area contributed by atoms with Gasteiger partial charge in [0.15, 0.2) is 23.0 Å². The summed E-state index contributed by atoms with van der Waals surface area (Å²) in [6.45, 7) is 2.27. The van der Waals surface area contributed by atoms with Crippen LogP contribution in [-0.4, -0.2) is 19.6 Å². The van der Waals surface area contributed by atoms with Gasteiger partial charge in [0.25, 0.3) is 0 Å². The minimum atomic E-state index is -0.746. The summed E-state index contributed by atoms with van der Waals surface area (Å²) >= 11 is 1.73. The van der Waals surface area contributed by atoms with Crippen LogP contribution in [0.3, 0.4) is 0 Å². The normalized spacial score (nSPS) is 16.8. The van der Waals surface area contributed by atoms with E-state index < -0.39 is 11.6 Å². The summed E-state index contributed by atoms with van der Waals surface area (Å²) in [7, 11) is 0. The summed E-state index contributed by atoms with van der Waals surface area (Å²) in [4.78, 5) is 11.5. The van der Waals surface area contributed by atoms with Crippen molar-refractivity contribution < 1.29 is 13.5 Å². The third kappa shape index (κ3) is 2.84. The highest BCUT2D eigenvalue weighted by Crippen LogP contribution is 2.38. The standard InChI is InChI=1S/C19H16F2N4OS/c1-10-2-4-12-15(6-10)27-19-17(12)18-23-16(24-25(18)9-22-19)8-26-14-5-3-11(20)7-13(14)21/h3,5,7,9-10H,2,4,6,8H2,1H3/t10-/m1/s1. The first kappa shape index (κ1) is 16.6. The fourth-order valence-electron chi connectivity index (χ4n) is 3.58. The van der Waals surface area contributed by atoms with E-state index in [9.17, 15) is 8.78 Å². The van der Waals surface area contributed by atoms with Crippen LogP contribution >= 0.6 is 11.3 Å². The van der Waals surface area contributed by atoms with Crippen molar-refractivity contribution in [1.82, 2.24) is 19.6 Å². The molecule has 1 aliphatic rings. The van der Waals surface area contributed by atoms with E-state index in [0.717, 1.165) is 47.3 Å². The molecule has 0 saturated carbocycles. The number of rotatable bonds is 3. The van der Waals surface area contributed by atoms with E-state index in [4.69, 9.17) is 4.74 Å². The second-order valence-corrected chi connectivity index (χ2v) is 8.02. The Morgan fingerprint density at radius 2 is 2.22 bits per heavy atom. The molecule has 5 rings (SSSR count). The summed E-state index contributed by atoms with van der Waals surface area (Å²) < 4.78 is 33.8. The van der Waals surface area contributed by atoms with Crippen molar-refractivity contribution in [2.45, 2.75) is 32.8 Å². The number of aryl methyl sites for hydroxylation is 1. The molecule has 0 fully saturated rings. The fourth-order valence-corrected chi connectivity index (χ4v) is 4.92. The van der Waals surface area contributed by atoms with Gasteiger partial charge in [0.05, 0.1) is 5.39 Å². The third-order valence-electron chi connectivity index (χ3n) is 4.93. The van der Waals surface area contributed by atoms with Gasteiger partial charge in [0.1, 0.15) is 23.6 Å². The van der Waals surface area contributed by atoms with E-state index in [0.29, 0.717) is 11.7 Å². The van der Waals surface area contributed by atoms with Gasteiger partial charge in [0.2, 0.25) is 0 Å². The van der Waals surface area contributed by atoms with E-state index in [-0.39, 0.29) is 12.4 Å². The molecule has 8 heteroatoms. The number of fused-ring (bicyclic) bond motifs is 5. The summed E-state index contributed by atoms with van der Waals surface area (Å²) in [5, 5.41) is 5.46. The average Bonchev–Trinajstić information content (AvgIpc) is 3.20. The lowest BCUT2D eigenvalue weighted by Gasteiger charge is -2.17. The van der Waals surface area contributed by atoms with Gasteiger partial charge in [-0.3, -0.25) is 0 Å². The molecule has 0 radical (unpaired) electrons. The molecule has 1 aliphatic carbocycles. The highest BCUT2D eigenvalue weighted by Gasteiger charge is 2.23. The van der Waals surface area contributed by atoms with Crippen LogP contribution in [0.15, 0.2) is 24.5 Å². The van der Waals surface area contributed by atoms with Crippen LogP contribution in [0, 0.1) is 17.6 Å². The number of hydrogen-bond acceptors (Lipinski definition) is 5. The molecule has 3 heterocycles. The Morgan fingerprint density at radius 1 is 1.33 bits per heavy atom. The van der Waals surface area contributed by atoms with Gasteiger partial charge in [0, 0.05) is 10.9 Å². The topological polar surface area (TPSA) is 52.3 Å². The zero-order valence-corrected chi connectivity index (χ0v) is 15.4. The van der Waals surface area contributed by atoms with Crippen LogP contribution in [0.25, 0.3) is 15.9 Å². The Hall–Kier alpha value is -2.61. The molecule has 0 unspecified atom stereocenters. The maximum atomic E-state index is 13.7. The first-order valence-corrected chi connectivity index (χ1v) is 9.62. The minimum absolute atomic E-state index is 0.00487. The quantitative estimate of drug-likeness (QED) is 0.526. The Kier molecular flexibility index (Phi) is 3.82. The van der Waals surface area contributed by atoms with E-state index in [1.165, 1.54) is 16.5 Å². The molecule has 3 aromatic heterocycles. The van der Waals surface area contributed by atoms with Crippen molar-refractivity contribution in [2.24, 2.45) is 5.92 Å². The molecule has 138 valence electrons. The highest BCUT2D eigenvalue weighted by molar-refractivity contribution is 7.19. The second kappa shape index (κ2) is 6.23. The summed E-state index contributed by atoms with van der Waals surface area (Å²) in [5.74, 6) is -0.300. The van der Waals surface area contributed by atoms with Gasteiger partial charge in [-0.1, -0.05) is 6.92 Å². The van der Waals surface area contributed by atoms with Gasteiger partial charge in [-0.05, 0) is 42.9 Å². The summed E-state index contributed by atoms with van der Waals surface area (Å²) in [6.07, 6.45) is 4.92. The predicted octanol–water partition coefficient (Wildman–Crippen LogP) is 4.32. The predicted molar refractivity (Wildman–Crippen MR) is 98.0 cm³/mol. The lowest BCUT2D eigenvalue weighted by atomic mass is 9.89. The van der Waals surface area contributed by atoms with Crippen LogP contribution < -0.4 is 4.74 Å². The number of benzene rings is 1. The molecular weight excluding hydrogens is 370 g/mol. The number of halogens is 2. The smallest absolute Gasteiger partial charge is 0.189 e. The third-order valence-corrected chi connectivity index (χ3v) is 6.09. The lowest BCUT2D eigenvalue weighted by molar-refractivity contribution is 0.280. The van der Waals surface area contributed by atoms with Crippen molar-refractivity contribution in [2.75, 3.05) is 0 Å². The van der Waals surface area contributed by atoms with Crippen LogP contribution in [-0.2, 0) is 19.4 Å². The van der Waals surface area contributed by atoms with Gasteiger partial charge < -0.3 is 4.74 Å². The van der Waals surface area contributed by atoms with E-state index in [2.05, 4.69) is 22.0 Å². The van der Waals surface area contributed by atoms with E-state index in [1.807, 2.05) is 0 Å². The van der Waals surface area contributed by atoms with E-state index >= 15 is 0 Å². The monoisotopic (exact) mass is 386 g/mol. The number of nitrogens with zero attached hydrogens (tertiary/aromatic N) is 4. The Bertz CT molecular complexity index is 1170. The molecule has 0 N–H and O–H groups in total. The van der Waals surface area contributed by atoms with Crippen molar-refractivity contribution in [3.8, 4) is 5.75 Å². The van der Waals surface area contributed by atoms with Crippen LogP contribution in [0.2, 0.25) is 0 Å². The first-order chi connectivity index (χ1) is 13.1. The Balaban J connectivity index is 1.50. The van der Waals surface area contributed by atoms with Crippen LogP contribution in [0.1, 0.15) is 29.6 Å². The van der Waals surface area contributed by atoms with Crippen LogP contribution in [0.5, 0.6) is 5.75 Å². The molecule has 1 atom stereocenters. The molecule has 0 saturated heterocycles. The zero-order chi connectivity index (χ0) is 18.5. The highest BCUT2D eigenvalue weighted by atomic mass is 32.1. The molecule has 0 bridgehead atoms. The number of thiophene rings is 1. The maximum Gasteiger partial charge on any atom is 0.189 e. The number of hydrogen-bond donors (Lipinski definition) is 0. The molecule has 0 amide bonds. The molecule has 4 aromatic rings. The van der Waals surface area contributed by atoms with Gasteiger partial charge >= 0.3 is 0 Å². The van der Waals surface area contributed by atoms with Crippen LogP contribution in [0.4, 0.5) is 8.78 Å². The van der Waals surface area contributed by atoms with Crippen molar-refractivity contribution in [1.29, 1.82) is 0 Å². The summed E-state index contributed by atoms with van der Waals surface area (Å²) in [6, 6.07) is 3.21. The average molecular weight is 386 g/mol. The SMILES string of the molecule is C[C@@H]1CCc2c(sc3ncn4nc(COc5ccc(F)cc5F)nc4c23)C1. The molecule has 0 aliphatic heterocycles. The van der Waals surface area contributed by atoms with Gasteiger partial charge in [-0.2, -0.15) is 0 Å². The molecule has 27 heavy (non-hydrogen) atoms. The van der Waals surface area contributed by atoms with Crippen molar-refractivity contribution >= 4 is 27.2 Å². The summed E-state index contributed by atoms with van der Waals surface area (Å²) in [5.41, 5.74) is 2.08. The maximum absolute atomic E-state index is 13.7. The lowest BCUT2D eigenvalue weighted by Crippen LogP contribution is -2.08. The Labute approximate surface area is 157 Å². The molecule has 0 spiro atoms. The second-order valence-electron chi connectivity index (χ2n) is 6.94. The Morgan fingerprint density at radius 3 is 3.07 bits per heavy atom. The first-order valence-electron chi connectivity index (χ1n) is 8.81. The molecule has 1 aromatic carbocycles. The number of ether oxygens (including phenoxy) is 1. The fraction of sp³-hybridized carbons (Fsp3) is 0.316.